The monoisotopic (exact) mass is 481 g/mol. The van der Waals surface area contributed by atoms with Crippen LogP contribution in [0.4, 0.5) is 5.95 Å². The molecule has 2 aliphatic heterocycles. The van der Waals surface area contributed by atoms with E-state index in [-0.39, 0.29) is 23.6 Å². The van der Waals surface area contributed by atoms with Crippen LogP contribution in [-0.2, 0) is 19.5 Å². The van der Waals surface area contributed by atoms with Gasteiger partial charge in [-0.25, -0.2) is 23.1 Å². The Morgan fingerprint density at radius 3 is 2.50 bits per heavy atom. The Morgan fingerprint density at radius 1 is 0.882 bits per heavy atom. The standard InChI is InChI=1S/C24H27N5O4S/c30-34(31,20-9-3-7-16-8-4-11-25-21(16)20)29-19-14-33-22-18(13-32-23(19)22)28-24-26-12-10-17(27-24)15-5-1-2-6-15/h3-4,7-12,15,18-19,22-23,29H,1-2,5-6,13-14H2,(H,26,27,28). The zero-order valence-corrected chi connectivity index (χ0v) is 19.4. The van der Waals surface area contributed by atoms with Crippen molar-refractivity contribution in [2.45, 2.75) is 60.8 Å². The van der Waals surface area contributed by atoms with Gasteiger partial charge in [0.15, 0.2) is 0 Å². The Labute approximate surface area is 198 Å². The third kappa shape index (κ3) is 4.04. The number of pyridine rings is 1. The lowest BCUT2D eigenvalue weighted by molar-refractivity contribution is 0.0690. The van der Waals surface area contributed by atoms with Crippen LogP contribution < -0.4 is 10.0 Å². The molecule has 1 aliphatic carbocycles. The number of rotatable bonds is 6. The Hall–Kier alpha value is -2.66. The van der Waals surface area contributed by atoms with Crippen LogP contribution in [0, 0.1) is 0 Å². The zero-order valence-electron chi connectivity index (χ0n) is 18.6. The van der Waals surface area contributed by atoms with Crippen LogP contribution in [0.25, 0.3) is 10.9 Å². The van der Waals surface area contributed by atoms with Crippen molar-refractivity contribution in [2.75, 3.05) is 18.5 Å². The fourth-order valence-electron chi connectivity index (χ4n) is 5.34. The SMILES string of the molecule is O=S(=O)(NC1COC2C(Nc3nccc(C4CCCC4)n3)COC12)c1cccc2cccnc12. The number of nitrogens with zero attached hydrogens (tertiary/aromatic N) is 3. The molecule has 4 atom stereocenters. The first-order valence-electron chi connectivity index (χ1n) is 11.8. The van der Waals surface area contributed by atoms with E-state index in [1.165, 1.54) is 25.7 Å². The second kappa shape index (κ2) is 8.84. The lowest BCUT2D eigenvalue weighted by Gasteiger charge is -2.19. The third-order valence-corrected chi connectivity index (χ3v) is 8.53. The molecule has 0 amide bonds. The summed E-state index contributed by atoms with van der Waals surface area (Å²) in [4.78, 5) is 13.5. The lowest BCUT2D eigenvalue weighted by atomic mass is 10.0. The molecule has 2 saturated heterocycles. The van der Waals surface area contributed by atoms with E-state index in [4.69, 9.17) is 14.5 Å². The minimum atomic E-state index is -3.82. The summed E-state index contributed by atoms with van der Waals surface area (Å²) in [5.74, 6) is 1.06. The number of hydrogen-bond acceptors (Lipinski definition) is 8. The van der Waals surface area contributed by atoms with E-state index < -0.39 is 22.2 Å². The third-order valence-electron chi connectivity index (χ3n) is 7.01. The molecule has 3 fully saturated rings. The van der Waals surface area contributed by atoms with Crippen LogP contribution in [0.1, 0.15) is 37.3 Å². The average Bonchev–Trinajstić information content (AvgIpc) is 3.60. The highest BCUT2D eigenvalue weighted by atomic mass is 32.2. The van der Waals surface area contributed by atoms with Crippen molar-refractivity contribution in [2.24, 2.45) is 0 Å². The number of ether oxygens (including phenoxy) is 2. The van der Waals surface area contributed by atoms with E-state index in [9.17, 15) is 8.42 Å². The van der Waals surface area contributed by atoms with Crippen LogP contribution in [0.15, 0.2) is 53.7 Å². The number of fused-ring (bicyclic) bond motifs is 2. The summed E-state index contributed by atoms with van der Waals surface area (Å²) >= 11 is 0. The molecule has 3 aromatic rings. The van der Waals surface area contributed by atoms with Gasteiger partial charge in [-0.15, -0.1) is 0 Å². The first-order chi connectivity index (χ1) is 16.6. The van der Waals surface area contributed by atoms with Gasteiger partial charge in [0.05, 0.1) is 30.8 Å². The predicted molar refractivity (Wildman–Crippen MR) is 126 cm³/mol. The van der Waals surface area contributed by atoms with Crippen LogP contribution in [-0.4, -0.2) is 60.9 Å². The van der Waals surface area contributed by atoms with Crippen molar-refractivity contribution in [1.82, 2.24) is 19.7 Å². The molecule has 6 rings (SSSR count). The fourth-order valence-corrected chi connectivity index (χ4v) is 6.75. The molecule has 2 aromatic heterocycles. The molecule has 0 spiro atoms. The molecule has 0 radical (unpaired) electrons. The number of nitrogens with one attached hydrogen (secondary N) is 2. The van der Waals surface area contributed by atoms with Crippen molar-refractivity contribution in [3.63, 3.8) is 0 Å². The second-order valence-electron chi connectivity index (χ2n) is 9.19. The Morgan fingerprint density at radius 2 is 1.65 bits per heavy atom. The molecule has 4 unspecified atom stereocenters. The number of para-hydroxylation sites is 1. The number of aromatic nitrogens is 3. The molecule has 3 aliphatic rings. The molecule has 1 aromatic carbocycles. The molecule has 178 valence electrons. The number of benzene rings is 1. The molecule has 34 heavy (non-hydrogen) atoms. The van der Waals surface area contributed by atoms with Gasteiger partial charge in [0.2, 0.25) is 16.0 Å². The van der Waals surface area contributed by atoms with Crippen LogP contribution in [0.5, 0.6) is 0 Å². The Balaban J connectivity index is 1.16. The molecule has 0 bridgehead atoms. The molecule has 2 N–H and O–H groups in total. The highest BCUT2D eigenvalue weighted by Gasteiger charge is 2.49. The maximum absolute atomic E-state index is 13.2. The molecular weight excluding hydrogens is 454 g/mol. The maximum Gasteiger partial charge on any atom is 0.243 e. The summed E-state index contributed by atoms with van der Waals surface area (Å²) in [6.45, 7) is 0.619. The summed E-state index contributed by atoms with van der Waals surface area (Å²) in [5.41, 5.74) is 1.52. The lowest BCUT2D eigenvalue weighted by Crippen LogP contribution is -2.44. The zero-order chi connectivity index (χ0) is 23.1. The topological polar surface area (TPSA) is 115 Å². The van der Waals surface area contributed by atoms with E-state index in [2.05, 4.69) is 20.0 Å². The number of anilines is 1. The minimum Gasteiger partial charge on any atom is -0.371 e. The first-order valence-corrected chi connectivity index (χ1v) is 13.3. The molecule has 10 heteroatoms. The van der Waals surface area contributed by atoms with Crippen LogP contribution in [0.3, 0.4) is 0 Å². The van der Waals surface area contributed by atoms with Gasteiger partial charge in [-0.3, -0.25) is 4.98 Å². The minimum absolute atomic E-state index is 0.152. The highest BCUT2D eigenvalue weighted by molar-refractivity contribution is 7.89. The largest absolute Gasteiger partial charge is 0.371 e. The Bertz CT molecular complexity index is 1290. The molecular formula is C24H27N5O4S. The highest BCUT2D eigenvalue weighted by Crippen LogP contribution is 2.34. The van der Waals surface area contributed by atoms with E-state index in [0.29, 0.717) is 24.0 Å². The van der Waals surface area contributed by atoms with Crippen LogP contribution >= 0.6 is 0 Å². The predicted octanol–water partition coefficient (Wildman–Crippen LogP) is 2.61. The van der Waals surface area contributed by atoms with Gasteiger partial charge in [0, 0.05) is 29.4 Å². The van der Waals surface area contributed by atoms with E-state index in [1.807, 2.05) is 18.2 Å². The number of sulfonamides is 1. The van der Waals surface area contributed by atoms with E-state index in [1.54, 1.807) is 30.6 Å². The quantitative estimate of drug-likeness (QED) is 0.552. The van der Waals surface area contributed by atoms with Gasteiger partial charge in [-0.1, -0.05) is 31.0 Å². The second-order valence-corrected chi connectivity index (χ2v) is 10.9. The van der Waals surface area contributed by atoms with E-state index in [0.717, 1.165) is 11.1 Å². The first kappa shape index (κ1) is 21.8. The van der Waals surface area contributed by atoms with E-state index >= 15 is 0 Å². The van der Waals surface area contributed by atoms with Crippen molar-refractivity contribution >= 4 is 26.9 Å². The molecule has 1 saturated carbocycles. The normalized spacial score (nSPS) is 27.3. The van der Waals surface area contributed by atoms with Crippen molar-refractivity contribution < 1.29 is 17.9 Å². The van der Waals surface area contributed by atoms with Gasteiger partial charge >= 0.3 is 0 Å². The van der Waals surface area contributed by atoms with Crippen molar-refractivity contribution in [3.05, 3.63) is 54.5 Å². The van der Waals surface area contributed by atoms with Gasteiger partial charge in [0.25, 0.3) is 0 Å². The summed E-state index contributed by atoms with van der Waals surface area (Å²) in [5, 5.41) is 4.13. The fraction of sp³-hybridized carbons (Fsp3) is 0.458. The summed E-state index contributed by atoms with van der Waals surface area (Å²) in [6, 6.07) is 10.1. The summed E-state index contributed by atoms with van der Waals surface area (Å²) in [7, 11) is -3.82. The molecule has 9 nitrogen and oxygen atoms in total. The van der Waals surface area contributed by atoms with Gasteiger partial charge < -0.3 is 14.8 Å². The number of hydrogen-bond donors (Lipinski definition) is 2. The Kier molecular flexibility index (Phi) is 5.68. The van der Waals surface area contributed by atoms with Crippen LogP contribution in [0.2, 0.25) is 0 Å². The summed E-state index contributed by atoms with van der Waals surface area (Å²) < 4.78 is 41.2. The smallest absolute Gasteiger partial charge is 0.243 e. The summed E-state index contributed by atoms with van der Waals surface area (Å²) in [6.07, 6.45) is 7.53. The van der Waals surface area contributed by atoms with Gasteiger partial charge in [0.1, 0.15) is 17.1 Å². The van der Waals surface area contributed by atoms with Gasteiger partial charge in [-0.2, -0.15) is 0 Å². The van der Waals surface area contributed by atoms with Crippen molar-refractivity contribution in [1.29, 1.82) is 0 Å². The van der Waals surface area contributed by atoms with Crippen molar-refractivity contribution in [3.8, 4) is 0 Å². The van der Waals surface area contributed by atoms with Gasteiger partial charge in [-0.05, 0) is 31.0 Å². The maximum atomic E-state index is 13.2. The molecule has 4 heterocycles. The average molecular weight is 482 g/mol.